The highest BCUT2D eigenvalue weighted by molar-refractivity contribution is 5.91. The first kappa shape index (κ1) is 24.7. The van der Waals surface area contributed by atoms with Crippen molar-refractivity contribution in [3.63, 3.8) is 0 Å². The van der Waals surface area contributed by atoms with Crippen molar-refractivity contribution in [3.8, 4) is 17.2 Å². The Morgan fingerprint density at radius 3 is 2.63 bits per heavy atom. The Hall–Kier alpha value is -3.67. The van der Waals surface area contributed by atoms with Gasteiger partial charge >= 0.3 is 6.36 Å². The predicted octanol–water partition coefficient (Wildman–Crippen LogP) is 4.39. The molecule has 38 heavy (non-hydrogen) atoms. The minimum absolute atomic E-state index is 0.0664. The van der Waals surface area contributed by atoms with Crippen LogP contribution in [-0.4, -0.2) is 60.8 Å². The number of nitrogens with zero attached hydrogens (tertiary/aromatic N) is 2. The fourth-order valence-electron chi connectivity index (χ4n) is 5.53. The zero-order chi connectivity index (χ0) is 26.3. The molecule has 3 heterocycles. The number of hydrogen-bond acceptors (Lipinski definition) is 8. The molecule has 3 aliphatic rings. The van der Waals surface area contributed by atoms with Gasteiger partial charge in [-0.25, -0.2) is 0 Å². The lowest BCUT2D eigenvalue weighted by Gasteiger charge is -2.46. The third kappa shape index (κ3) is 5.31. The molecule has 2 aliphatic heterocycles. The molecule has 12 heteroatoms. The van der Waals surface area contributed by atoms with Crippen molar-refractivity contribution in [3.05, 3.63) is 42.0 Å². The predicted molar refractivity (Wildman–Crippen MR) is 130 cm³/mol. The topological polar surface area (TPSA) is 98.1 Å². The quantitative estimate of drug-likeness (QED) is 0.463. The van der Waals surface area contributed by atoms with Crippen LogP contribution in [0.25, 0.3) is 11.0 Å². The van der Waals surface area contributed by atoms with Gasteiger partial charge in [0.1, 0.15) is 5.75 Å². The van der Waals surface area contributed by atoms with Crippen LogP contribution in [0, 0.1) is 0 Å². The second-order valence-electron chi connectivity index (χ2n) is 9.93. The fourth-order valence-corrected chi connectivity index (χ4v) is 5.53. The molecule has 202 valence electrons. The van der Waals surface area contributed by atoms with Crippen LogP contribution in [-0.2, 0) is 4.79 Å². The van der Waals surface area contributed by atoms with E-state index in [1.807, 2.05) is 6.07 Å². The van der Waals surface area contributed by atoms with E-state index in [1.54, 1.807) is 0 Å². The van der Waals surface area contributed by atoms with Crippen LogP contribution < -0.4 is 24.8 Å². The average Bonchev–Trinajstić information content (AvgIpc) is 3.50. The number of fused-ring (bicyclic) bond motifs is 2. The molecule has 2 aromatic carbocycles. The summed E-state index contributed by atoms with van der Waals surface area (Å²) in [4.78, 5) is 14.9. The van der Waals surface area contributed by atoms with Gasteiger partial charge in [-0.15, -0.1) is 13.2 Å². The first-order valence-electron chi connectivity index (χ1n) is 12.6. The van der Waals surface area contributed by atoms with Crippen molar-refractivity contribution in [2.24, 2.45) is 0 Å². The number of amides is 1. The summed E-state index contributed by atoms with van der Waals surface area (Å²) in [6, 6.07) is 10.5. The fraction of sp³-hybridized carbons (Fsp3) is 0.462. The summed E-state index contributed by atoms with van der Waals surface area (Å²) in [7, 11) is 0. The number of aromatic nitrogens is 1. The van der Waals surface area contributed by atoms with Gasteiger partial charge in [0, 0.05) is 19.1 Å². The molecule has 1 aliphatic carbocycles. The molecule has 0 radical (unpaired) electrons. The van der Waals surface area contributed by atoms with Gasteiger partial charge in [-0.2, -0.15) is 0 Å². The van der Waals surface area contributed by atoms with Crippen LogP contribution in [0.5, 0.6) is 17.2 Å². The minimum atomic E-state index is -4.80. The Balaban J connectivity index is 0.940. The number of hydrogen-bond donors (Lipinski definition) is 2. The SMILES string of the molecule is O=C(CNc1noc2ccc(OC(F)(F)F)cc12)NC1CN([C@H]2CC[C@@H](c3ccc4c(c3)OCO4)CC2)C1. The van der Waals surface area contributed by atoms with Crippen LogP contribution in [0.2, 0.25) is 0 Å². The zero-order valence-electron chi connectivity index (χ0n) is 20.4. The number of benzene rings is 2. The molecule has 1 saturated heterocycles. The summed E-state index contributed by atoms with van der Waals surface area (Å²) in [5.41, 5.74) is 1.59. The number of rotatable bonds is 7. The maximum Gasteiger partial charge on any atom is 0.573 e. The lowest BCUT2D eigenvalue weighted by molar-refractivity contribution is -0.274. The average molecular weight is 533 g/mol. The van der Waals surface area contributed by atoms with Crippen LogP contribution in [0.4, 0.5) is 19.0 Å². The molecule has 0 spiro atoms. The zero-order valence-corrected chi connectivity index (χ0v) is 20.4. The molecule has 0 atom stereocenters. The largest absolute Gasteiger partial charge is 0.573 e. The Kier molecular flexibility index (Phi) is 6.42. The van der Waals surface area contributed by atoms with E-state index in [1.165, 1.54) is 17.7 Å². The van der Waals surface area contributed by atoms with Crippen molar-refractivity contribution in [2.45, 2.75) is 50.0 Å². The Bertz CT molecular complexity index is 1320. The number of halogens is 3. The highest BCUT2D eigenvalue weighted by Crippen LogP contribution is 2.40. The minimum Gasteiger partial charge on any atom is -0.454 e. The Labute approximate surface area is 216 Å². The van der Waals surface area contributed by atoms with Gasteiger partial charge in [0.2, 0.25) is 12.7 Å². The summed E-state index contributed by atoms with van der Waals surface area (Å²) >= 11 is 0. The van der Waals surface area contributed by atoms with E-state index in [0.29, 0.717) is 17.3 Å². The standard InChI is InChI=1S/C26H27F3N4O5/c27-26(28,29)37-19-6-8-21-20(10-19)25(32-38-21)30-11-24(34)31-17-12-33(13-17)18-4-1-15(2-5-18)16-3-7-22-23(9-16)36-14-35-22/h3,6-10,15,17-18H,1-2,4-5,11-14H2,(H,30,32)(H,31,34)/t15-,18+. The summed E-state index contributed by atoms with van der Waals surface area (Å²) < 4.78 is 57.5. The number of likely N-dealkylation sites (tertiary alicyclic amines) is 1. The van der Waals surface area contributed by atoms with E-state index >= 15 is 0 Å². The van der Waals surface area contributed by atoms with E-state index in [2.05, 4.69) is 37.6 Å². The number of ether oxygens (including phenoxy) is 3. The lowest BCUT2D eigenvalue weighted by Crippen LogP contribution is -2.63. The van der Waals surface area contributed by atoms with Crippen molar-refractivity contribution in [1.82, 2.24) is 15.4 Å². The van der Waals surface area contributed by atoms with Gasteiger partial charge in [0.25, 0.3) is 0 Å². The summed E-state index contributed by atoms with van der Waals surface area (Å²) in [6.45, 7) is 1.81. The molecule has 3 aromatic rings. The molecule has 2 fully saturated rings. The second-order valence-corrected chi connectivity index (χ2v) is 9.93. The molecule has 9 nitrogen and oxygen atoms in total. The first-order chi connectivity index (χ1) is 18.3. The van der Waals surface area contributed by atoms with E-state index in [9.17, 15) is 18.0 Å². The van der Waals surface area contributed by atoms with E-state index in [0.717, 1.165) is 56.3 Å². The molecule has 0 bridgehead atoms. The third-order valence-corrected chi connectivity index (χ3v) is 7.45. The first-order valence-corrected chi connectivity index (χ1v) is 12.6. The second kappa shape index (κ2) is 9.90. The maximum atomic E-state index is 12.5. The number of alkyl halides is 3. The van der Waals surface area contributed by atoms with Crippen molar-refractivity contribution >= 4 is 22.7 Å². The van der Waals surface area contributed by atoms with Crippen LogP contribution in [0.1, 0.15) is 37.2 Å². The van der Waals surface area contributed by atoms with Crippen molar-refractivity contribution in [1.29, 1.82) is 0 Å². The number of nitrogens with one attached hydrogen (secondary N) is 2. The maximum absolute atomic E-state index is 12.5. The van der Waals surface area contributed by atoms with E-state index < -0.39 is 6.36 Å². The van der Waals surface area contributed by atoms with Crippen LogP contribution in [0.3, 0.4) is 0 Å². The Morgan fingerprint density at radius 1 is 1.05 bits per heavy atom. The lowest BCUT2D eigenvalue weighted by atomic mass is 9.80. The molecule has 2 N–H and O–H groups in total. The molecule has 1 saturated carbocycles. The van der Waals surface area contributed by atoms with Crippen LogP contribution >= 0.6 is 0 Å². The van der Waals surface area contributed by atoms with Gasteiger partial charge in [-0.05, 0) is 67.5 Å². The highest BCUT2D eigenvalue weighted by Gasteiger charge is 2.36. The van der Waals surface area contributed by atoms with Gasteiger partial charge in [0.15, 0.2) is 22.9 Å². The molecule has 0 unspecified atom stereocenters. The molecule has 1 amide bonds. The normalized spacial score (nSPS) is 21.8. The van der Waals surface area contributed by atoms with Gasteiger partial charge in [0.05, 0.1) is 18.0 Å². The Morgan fingerprint density at radius 2 is 1.84 bits per heavy atom. The number of anilines is 1. The van der Waals surface area contributed by atoms with Crippen molar-refractivity contribution < 1.29 is 36.7 Å². The smallest absolute Gasteiger partial charge is 0.454 e. The van der Waals surface area contributed by atoms with Crippen LogP contribution in [0.15, 0.2) is 40.9 Å². The molecule has 6 rings (SSSR count). The summed E-state index contributed by atoms with van der Waals surface area (Å²) in [6.07, 6.45) is -0.352. The van der Waals surface area contributed by atoms with E-state index in [-0.39, 0.29) is 42.4 Å². The summed E-state index contributed by atoms with van der Waals surface area (Å²) in [5.74, 6) is 1.73. The third-order valence-electron chi connectivity index (χ3n) is 7.45. The molecular weight excluding hydrogens is 505 g/mol. The monoisotopic (exact) mass is 532 g/mol. The molecular formula is C26H27F3N4O5. The number of carbonyl (C=O) groups is 1. The van der Waals surface area contributed by atoms with Gasteiger partial charge in [-0.3, -0.25) is 9.69 Å². The van der Waals surface area contributed by atoms with E-state index in [4.69, 9.17) is 14.0 Å². The summed E-state index contributed by atoms with van der Waals surface area (Å²) in [5, 5.41) is 9.94. The van der Waals surface area contributed by atoms with Crippen molar-refractivity contribution in [2.75, 3.05) is 31.7 Å². The number of carbonyl (C=O) groups excluding carboxylic acids is 1. The highest BCUT2D eigenvalue weighted by atomic mass is 19.4. The molecule has 1 aromatic heterocycles. The van der Waals surface area contributed by atoms with Gasteiger partial charge in [-0.1, -0.05) is 11.2 Å². The van der Waals surface area contributed by atoms with Gasteiger partial charge < -0.3 is 29.4 Å².